The highest BCUT2D eigenvalue weighted by molar-refractivity contribution is 5.91. The predicted octanol–water partition coefficient (Wildman–Crippen LogP) is 2.22. The normalized spacial score (nSPS) is 9.67. The summed E-state index contributed by atoms with van der Waals surface area (Å²) in [7, 11) is 0. The second-order valence-electron chi connectivity index (χ2n) is 3.63. The van der Waals surface area contributed by atoms with Gasteiger partial charge in [-0.25, -0.2) is 4.79 Å². The summed E-state index contributed by atoms with van der Waals surface area (Å²) < 4.78 is 0. The Hall–Kier alpha value is -1.62. The molecule has 18 heavy (non-hydrogen) atoms. The zero-order chi connectivity index (χ0) is 14.4. The molecule has 0 amide bonds. The number of aliphatic hydroxyl groups is 1. The van der Waals surface area contributed by atoms with Crippen molar-refractivity contribution in [3.63, 3.8) is 0 Å². The van der Waals surface area contributed by atoms with Gasteiger partial charge in [0.2, 0.25) is 0 Å². The zero-order valence-electron chi connectivity index (χ0n) is 10.8. The molecule has 3 N–H and O–H groups in total. The maximum Gasteiger partial charge on any atom is 0.331 e. The smallest absolute Gasteiger partial charge is 0.331 e. The highest BCUT2D eigenvalue weighted by Crippen LogP contribution is 1.98. The number of aliphatic carboxylic acids is 2. The standard InChI is InChI=1S/C8H16O.C5H6O4/c1-2-3-4-5-6-7-8-9;1-3(5(8)9)2-4(6)7/h6-7,9H,2-5,8H2,1H3;1-2H2,(H,6,7)(H,8,9). The van der Waals surface area contributed by atoms with E-state index >= 15 is 0 Å². The molecule has 0 aromatic heterocycles. The van der Waals surface area contributed by atoms with E-state index in [1.165, 1.54) is 19.3 Å². The number of unbranched alkanes of at least 4 members (excludes halogenated alkanes) is 3. The van der Waals surface area contributed by atoms with Gasteiger partial charge in [-0.1, -0.05) is 38.5 Å². The lowest BCUT2D eigenvalue weighted by molar-refractivity contribution is -0.139. The number of hydrogen-bond acceptors (Lipinski definition) is 3. The van der Waals surface area contributed by atoms with Gasteiger partial charge in [-0.05, 0) is 12.8 Å². The van der Waals surface area contributed by atoms with Crippen molar-refractivity contribution in [1.82, 2.24) is 0 Å². The van der Waals surface area contributed by atoms with E-state index in [4.69, 9.17) is 15.3 Å². The maximum atomic E-state index is 9.87. The molecule has 104 valence electrons. The van der Waals surface area contributed by atoms with E-state index in [9.17, 15) is 9.59 Å². The summed E-state index contributed by atoms with van der Waals surface area (Å²) in [6.45, 7) is 5.39. The number of carboxylic acids is 2. The number of rotatable bonds is 8. The molecule has 0 aromatic rings. The van der Waals surface area contributed by atoms with Crippen LogP contribution in [-0.2, 0) is 9.59 Å². The van der Waals surface area contributed by atoms with E-state index in [0.29, 0.717) is 0 Å². The first-order valence-corrected chi connectivity index (χ1v) is 5.84. The second kappa shape index (κ2) is 13.4. The first-order chi connectivity index (χ1) is 8.45. The minimum absolute atomic E-state index is 0.187. The third kappa shape index (κ3) is 16.8. The fraction of sp³-hybridized carbons (Fsp3) is 0.538. The van der Waals surface area contributed by atoms with Gasteiger partial charge in [-0.2, -0.15) is 0 Å². The Kier molecular flexibility index (Phi) is 14.0. The maximum absolute atomic E-state index is 9.87. The van der Waals surface area contributed by atoms with E-state index in [1.807, 2.05) is 6.08 Å². The van der Waals surface area contributed by atoms with Crippen molar-refractivity contribution in [2.75, 3.05) is 6.61 Å². The summed E-state index contributed by atoms with van der Waals surface area (Å²) in [4.78, 5) is 19.7. The van der Waals surface area contributed by atoms with Gasteiger partial charge in [-0.3, -0.25) is 4.79 Å². The molecule has 0 spiro atoms. The Bertz CT molecular complexity index is 281. The van der Waals surface area contributed by atoms with Crippen molar-refractivity contribution >= 4 is 11.9 Å². The summed E-state index contributed by atoms with van der Waals surface area (Å²) >= 11 is 0. The van der Waals surface area contributed by atoms with Crippen LogP contribution in [0.4, 0.5) is 0 Å². The SMILES string of the molecule is C=C(CC(=O)O)C(=O)O.CCCCCC=CCO. The molecule has 0 atom stereocenters. The molecule has 0 aliphatic heterocycles. The van der Waals surface area contributed by atoms with Crippen molar-refractivity contribution in [1.29, 1.82) is 0 Å². The lowest BCUT2D eigenvalue weighted by Gasteiger charge is -1.91. The molecule has 0 saturated heterocycles. The largest absolute Gasteiger partial charge is 0.481 e. The molecule has 0 bridgehead atoms. The van der Waals surface area contributed by atoms with Crippen molar-refractivity contribution in [2.45, 2.75) is 39.0 Å². The van der Waals surface area contributed by atoms with Crippen LogP contribution in [0.1, 0.15) is 39.0 Å². The van der Waals surface area contributed by atoms with E-state index in [0.717, 1.165) is 6.42 Å². The zero-order valence-corrected chi connectivity index (χ0v) is 10.8. The molecule has 5 heteroatoms. The minimum Gasteiger partial charge on any atom is -0.481 e. The van der Waals surface area contributed by atoms with Crippen molar-refractivity contribution in [3.05, 3.63) is 24.3 Å². The van der Waals surface area contributed by atoms with Crippen molar-refractivity contribution in [3.8, 4) is 0 Å². The predicted molar refractivity (Wildman–Crippen MR) is 69.4 cm³/mol. The number of allylic oxidation sites excluding steroid dienone is 1. The van der Waals surface area contributed by atoms with Crippen LogP contribution < -0.4 is 0 Å². The van der Waals surface area contributed by atoms with Gasteiger partial charge in [0.15, 0.2) is 0 Å². The third-order valence-electron chi connectivity index (χ3n) is 1.91. The Balaban J connectivity index is 0. The average molecular weight is 258 g/mol. The van der Waals surface area contributed by atoms with Gasteiger partial charge >= 0.3 is 11.9 Å². The van der Waals surface area contributed by atoms with Gasteiger partial charge < -0.3 is 15.3 Å². The Labute approximate surface area is 107 Å². The van der Waals surface area contributed by atoms with Gasteiger partial charge in [0.05, 0.1) is 13.0 Å². The lowest BCUT2D eigenvalue weighted by Crippen LogP contribution is -2.04. The molecular weight excluding hydrogens is 236 g/mol. The average Bonchev–Trinajstić information content (AvgIpc) is 2.29. The number of hydrogen-bond donors (Lipinski definition) is 3. The topological polar surface area (TPSA) is 94.8 Å². The molecule has 0 radical (unpaired) electrons. The minimum atomic E-state index is -1.27. The van der Waals surface area contributed by atoms with Crippen LogP contribution in [0, 0.1) is 0 Å². The van der Waals surface area contributed by atoms with Crippen LogP contribution in [0.15, 0.2) is 24.3 Å². The van der Waals surface area contributed by atoms with Crippen LogP contribution in [0.2, 0.25) is 0 Å². The first-order valence-electron chi connectivity index (χ1n) is 5.84. The highest BCUT2D eigenvalue weighted by Gasteiger charge is 2.07. The molecule has 0 saturated carbocycles. The molecular formula is C13H22O5. The Morgan fingerprint density at radius 1 is 1.17 bits per heavy atom. The third-order valence-corrected chi connectivity index (χ3v) is 1.91. The van der Waals surface area contributed by atoms with E-state index in [1.54, 1.807) is 6.08 Å². The van der Waals surface area contributed by atoms with Crippen LogP contribution >= 0.6 is 0 Å². The molecule has 0 aromatic carbocycles. The van der Waals surface area contributed by atoms with Crippen LogP contribution in [-0.4, -0.2) is 33.9 Å². The Morgan fingerprint density at radius 3 is 2.11 bits per heavy atom. The molecule has 0 unspecified atom stereocenters. The lowest BCUT2D eigenvalue weighted by atomic mass is 10.2. The number of carbonyl (C=O) groups is 2. The summed E-state index contributed by atoms with van der Waals surface area (Å²) in [6, 6.07) is 0. The number of aliphatic hydroxyl groups excluding tert-OH is 1. The Morgan fingerprint density at radius 2 is 1.78 bits per heavy atom. The highest BCUT2D eigenvalue weighted by atomic mass is 16.4. The fourth-order valence-electron chi connectivity index (χ4n) is 0.963. The summed E-state index contributed by atoms with van der Waals surface area (Å²) in [5.41, 5.74) is -0.303. The van der Waals surface area contributed by atoms with Gasteiger partial charge in [0.1, 0.15) is 0 Å². The quantitative estimate of drug-likeness (QED) is 0.352. The molecule has 0 fully saturated rings. The second-order valence-corrected chi connectivity index (χ2v) is 3.63. The van der Waals surface area contributed by atoms with E-state index < -0.39 is 18.4 Å². The van der Waals surface area contributed by atoms with E-state index in [2.05, 4.69) is 13.5 Å². The van der Waals surface area contributed by atoms with Crippen LogP contribution in [0.5, 0.6) is 0 Å². The van der Waals surface area contributed by atoms with Crippen molar-refractivity contribution in [2.24, 2.45) is 0 Å². The monoisotopic (exact) mass is 258 g/mol. The molecule has 5 nitrogen and oxygen atoms in total. The molecule has 0 aliphatic rings. The van der Waals surface area contributed by atoms with Gasteiger partial charge in [0.25, 0.3) is 0 Å². The van der Waals surface area contributed by atoms with Crippen LogP contribution in [0.3, 0.4) is 0 Å². The van der Waals surface area contributed by atoms with Crippen LogP contribution in [0.25, 0.3) is 0 Å². The van der Waals surface area contributed by atoms with Gasteiger partial charge in [0, 0.05) is 5.57 Å². The van der Waals surface area contributed by atoms with E-state index in [-0.39, 0.29) is 12.2 Å². The summed E-state index contributed by atoms with van der Waals surface area (Å²) in [5.74, 6) is -2.44. The molecule has 0 rings (SSSR count). The summed E-state index contributed by atoms with van der Waals surface area (Å²) in [6.07, 6.45) is 8.28. The van der Waals surface area contributed by atoms with Gasteiger partial charge in [-0.15, -0.1) is 0 Å². The van der Waals surface area contributed by atoms with Crippen molar-refractivity contribution < 1.29 is 24.9 Å². The molecule has 0 heterocycles. The molecule has 0 aliphatic carbocycles. The summed E-state index contributed by atoms with van der Waals surface area (Å²) in [5, 5.41) is 24.4. The fourth-order valence-corrected chi connectivity index (χ4v) is 0.963. The number of carboxylic acid groups (broad SMARTS) is 2. The first kappa shape index (κ1) is 18.7.